The first-order valence-corrected chi connectivity index (χ1v) is 8.63. The van der Waals surface area contributed by atoms with Crippen molar-refractivity contribution in [2.75, 3.05) is 6.54 Å². The highest BCUT2D eigenvalue weighted by Crippen LogP contribution is 2.15. The molecule has 1 atom stereocenters. The summed E-state index contributed by atoms with van der Waals surface area (Å²) in [6.45, 7) is 2.27. The highest BCUT2D eigenvalue weighted by Gasteiger charge is 2.14. The van der Waals surface area contributed by atoms with Crippen molar-refractivity contribution in [1.29, 1.82) is 0 Å². The van der Waals surface area contributed by atoms with Gasteiger partial charge in [-0.15, -0.1) is 0 Å². The van der Waals surface area contributed by atoms with Crippen LogP contribution in [0.4, 0.5) is 9.18 Å². The maximum atomic E-state index is 13.1. The second-order valence-electron chi connectivity index (χ2n) is 5.82. The fourth-order valence-electron chi connectivity index (χ4n) is 2.27. The lowest BCUT2D eigenvalue weighted by Crippen LogP contribution is -2.48. The summed E-state index contributed by atoms with van der Waals surface area (Å²) in [5.41, 5.74) is 1.79. The van der Waals surface area contributed by atoms with Gasteiger partial charge in [0.15, 0.2) is 0 Å². The lowest BCUT2D eigenvalue weighted by atomic mass is 10.1. The highest BCUT2D eigenvalue weighted by molar-refractivity contribution is 6.30. The molecule has 0 bridgehead atoms. The molecule has 0 aliphatic heterocycles. The third kappa shape index (κ3) is 6.37. The Balaban J connectivity index is 1.70. The summed E-state index contributed by atoms with van der Waals surface area (Å²) in [5.74, 6) is -0.776. The van der Waals surface area contributed by atoms with E-state index in [1.165, 1.54) is 18.2 Å². The number of benzene rings is 2. The predicted molar refractivity (Wildman–Crippen MR) is 99.4 cm³/mol. The molecule has 0 aromatic heterocycles. The first kappa shape index (κ1) is 19.7. The first-order valence-electron chi connectivity index (χ1n) is 8.25. The minimum absolute atomic E-state index is 0.00382. The van der Waals surface area contributed by atoms with Crippen molar-refractivity contribution in [3.05, 3.63) is 70.5 Å². The van der Waals surface area contributed by atoms with E-state index in [9.17, 15) is 14.0 Å². The second kappa shape index (κ2) is 9.77. The molecule has 0 saturated heterocycles. The molecule has 0 aliphatic carbocycles. The van der Waals surface area contributed by atoms with Crippen molar-refractivity contribution >= 4 is 23.5 Å². The Hall–Kier alpha value is -2.60. The van der Waals surface area contributed by atoms with Crippen molar-refractivity contribution in [3.8, 4) is 0 Å². The molecule has 3 amide bonds. The number of halogens is 2. The Kier molecular flexibility index (Phi) is 7.41. The summed E-state index contributed by atoms with van der Waals surface area (Å²) < 4.78 is 13.1. The van der Waals surface area contributed by atoms with E-state index in [1.54, 1.807) is 6.92 Å². The zero-order chi connectivity index (χ0) is 18.9. The quantitative estimate of drug-likeness (QED) is 0.694. The van der Waals surface area contributed by atoms with Gasteiger partial charge in [0.1, 0.15) is 11.9 Å². The molecule has 7 heteroatoms. The molecule has 0 unspecified atom stereocenters. The number of hydrogen-bond donors (Lipinski definition) is 3. The maximum Gasteiger partial charge on any atom is 0.315 e. The number of nitrogens with one attached hydrogen (secondary N) is 3. The van der Waals surface area contributed by atoms with Crippen molar-refractivity contribution in [2.45, 2.75) is 25.9 Å². The smallest absolute Gasteiger partial charge is 0.315 e. The van der Waals surface area contributed by atoms with Gasteiger partial charge in [-0.3, -0.25) is 4.79 Å². The van der Waals surface area contributed by atoms with Gasteiger partial charge in [-0.2, -0.15) is 0 Å². The topological polar surface area (TPSA) is 70.2 Å². The van der Waals surface area contributed by atoms with Crippen LogP contribution in [-0.2, 0) is 17.8 Å². The van der Waals surface area contributed by atoms with E-state index in [0.717, 1.165) is 12.0 Å². The largest absolute Gasteiger partial charge is 0.354 e. The summed E-state index contributed by atoms with van der Waals surface area (Å²) >= 11 is 5.69. The van der Waals surface area contributed by atoms with Gasteiger partial charge >= 0.3 is 6.03 Å². The van der Waals surface area contributed by atoms with Crippen LogP contribution >= 0.6 is 11.6 Å². The van der Waals surface area contributed by atoms with Gasteiger partial charge in [-0.25, -0.2) is 9.18 Å². The minimum Gasteiger partial charge on any atom is -0.354 e. The minimum atomic E-state index is -0.678. The number of rotatable bonds is 7. The number of carbonyl (C=O) groups is 2. The monoisotopic (exact) mass is 377 g/mol. The van der Waals surface area contributed by atoms with E-state index in [0.29, 0.717) is 12.1 Å². The average molecular weight is 378 g/mol. The fourth-order valence-corrected chi connectivity index (χ4v) is 2.48. The second-order valence-corrected chi connectivity index (χ2v) is 6.23. The fraction of sp³-hybridized carbons (Fsp3) is 0.263. The summed E-state index contributed by atoms with van der Waals surface area (Å²) in [6.07, 6.45) is 0.719. The molecule has 0 heterocycles. The Morgan fingerprint density at radius 3 is 2.50 bits per heavy atom. The van der Waals surface area contributed by atoms with Crippen molar-refractivity contribution in [2.24, 2.45) is 0 Å². The number of urea groups is 1. The molecule has 5 nitrogen and oxygen atoms in total. The van der Waals surface area contributed by atoms with Gasteiger partial charge < -0.3 is 16.0 Å². The molecule has 2 rings (SSSR count). The lowest BCUT2D eigenvalue weighted by molar-refractivity contribution is -0.122. The molecular weight excluding hydrogens is 357 g/mol. The summed E-state index contributed by atoms with van der Waals surface area (Å²) in [5, 5.41) is 7.94. The van der Waals surface area contributed by atoms with Crippen molar-refractivity contribution in [1.82, 2.24) is 16.0 Å². The van der Waals surface area contributed by atoms with E-state index in [1.807, 2.05) is 30.3 Å². The molecule has 0 fully saturated rings. The molecule has 2 aromatic rings. The van der Waals surface area contributed by atoms with Gasteiger partial charge in [-0.1, -0.05) is 48.0 Å². The Bertz CT molecular complexity index is 756. The van der Waals surface area contributed by atoms with Crippen molar-refractivity contribution in [3.63, 3.8) is 0 Å². The molecular formula is C19H21ClFN3O2. The Morgan fingerprint density at radius 1 is 1.08 bits per heavy atom. The van der Waals surface area contributed by atoms with Crippen LogP contribution in [0.15, 0.2) is 48.5 Å². The molecule has 2 aromatic carbocycles. The summed E-state index contributed by atoms with van der Waals surface area (Å²) in [7, 11) is 0. The summed E-state index contributed by atoms with van der Waals surface area (Å²) in [6, 6.07) is 12.8. The number of hydrogen-bond acceptors (Lipinski definition) is 2. The SMILES string of the molecule is C[C@@H](NC(=O)NCc1ccc(F)c(Cl)c1)C(=O)NCCc1ccccc1. The number of carbonyl (C=O) groups excluding carboxylic acids is 2. The first-order chi connectivity index (χ1) is 12.5. The van der Waals surface area contributed by atoms with Gasteiger partial charge in [0.25, 0.3) is 0 Å². The van der Waals surface area contributed by atoms with E-state index < -0.39 is 17.9 Å². The third-order valence-electron chi connectivity index (χ3n) is 3.73. The molecule has 0 saturated carbocycles. The van der Waals surface area contributed by atoms with E-state index in [4.69, 9.17) is 11.6 Å². The number of amides is 3. The van der Waals surface area contributed by atoms with Crippen LogP contribution in [0.3, 0.4) is 0 Å². The van der Waals surface area contributed by atoms with Gasteiger partial charge in [0, 0.05) is 13.1 Å². The molecule has 26 heavy (non-hydrogen) atoms. The van der Waals surface area contributed by atoms with Crippen LogP contribution in [0, 0.1) is 5.82 Å². The normalized spacial score (nSPS) is 11.5. The lowest BCUT2D eigenvalue weighted by Gasteiger charge is -2.15. The van der Waals surface area contributed by atoms with Crippen LogP contribution in [-0.4, -0.2) is 24.5 Å². The van der Waals surface area contributed by atoms with Crippen LogP contribution < -0.4 is 16.0 Å². The predicted octanol–water partition coefficient (Wildman–Crippen LogP) is 3.03. The highest BCUT2D eigenvalue weighted by atomic mass is 35.5. The van der Waals surface area contributed by atoms with E-state index >= 15 is 0 Å². The van der Waals surface area contributed by atoms with E-state index in [-0.39, 0.29) is 17.5 Å². The molecule has 0 spiro atoms. The third-order valence-corrected chi connectivity index (χ3v) is 4.02. The zero-order valence-corrected chi connectivity index (χ0v) is 15.1. The Morgan fingerprint density at radius 2 is 1.81 bits per heavy atom. The van der Waals surface area contributed by atoms with Crippen LogP contribution in [0.1, 0.15) is 18.1 Å². The van der Waals surface area contributed by atoms with Gasteiger partial charge in [-0.05, 0) is 36.6 Å². The molecule has 138 valence electrons. The summed E-state index contributed by atoms with van der Waals surface area (Å²) in [4.78, 5) is 23.9. The molecule has 3 N–H and O–H groups in total. The van der Waals surface area contributed by atoms with E-state index in [2.05, 4.69) is 16.0 Å². The maximum absolute atomic E-state index is 13.1. The standard InChI is InChI=1S/C19H21ClFN3O2/c1-13(18(25)22-10-9-14-5-3-2-4-6-14)24-19(26)23-12-15-7-8-17(21)16(20)11-15/h2-8,11,13H,9-10,12H2,1H3,(H,22,25)(H2,23,24,26)/t13-/m1/s1. The van der Waals surface area contributed by atoms with Gasteiger partial charge in [0.05, 0.1) is 5.02 Å². The van der Waals surface area contributed by atoms with Crippen LogP contribution in [0.5, 0.6) is 0 Å². The van der Waals surface area contributed by atoms with Gasteiger partial charge in [0.2, 0.25) is 5.91 Å². The molecule has 0 radical (unpaired) electrons. The van der Waals surface area contributed by atoms with Crippen LogP contribution in [0.25, 0.3) is 0 Å². The average Bonchev–Trinajstić information content (AvgIpc) is 2.63. The van der Waals surface area contributed by atoms with Crippen molar-refractivity contribution < 1.29 is 14.0 Å². The van der Waals surface area contributed by atoms with Crippen LogP contribution in [0.2, 0.25) is 5.02 Å². The molecule has 0 aliphatic rings. The zero-order valence-electron chi connectivity index (χ0n) is 14.4. The Labute approximate surface area is 156 Å².